The summed E-state index contributed by atoms with van der Waals surface area (Å²) in [4.78, 5) is 0. The van der Waals surface area contributed by atoms with E-state index in [4.69, 9.17) is 9.47 Å². The monoisotopic (exact) mass is 173 g/mol. The molecule has 1 rings (SSSR count). The van der Waals surface area contributed by atoms with Crippen LogP contribution in [0.1, 0.15) is 20.3 Å². The Morgan fingerprint density at radius 3 is 2.17 bits per heavy atom. The molecule has 1 aliphatic rings. The highest BCUT2D eigenvalue weighted by molar-refractivity contribution is 4.91. The zero-order valence-corrected chi connectivity index (χ0v) is 8.33. The topological polar surface area (TPSA) is 30.5 Å². The minimum atomic E-state index is -0.127. The zero-order chi connectivity index (χ0) is 9.14. The molecule has 12 heavy (non-hydrogen) atoms. The molecule has 3 atom stereocenters. The lowest BCUT2D eigenvalue weighted by Gasteiger charge is -2.22. The number of hydrogen-bond acceptors (Lipinski definition) is 3. The van der Waals surface area contributed by atoms with Gasteiger partial charge < -0.3 is 14.8 Å². The maximum Gasteiger partial charge on any atom is 0.171 e. The Labute approximate surface area is 74.4 Å². The molecule has 72 valence electrons. The summed E-state index contributed by atoms with van der Waals surface area (Å²) in [5, 5.41) is 3.46. The van der Waals surface area contributed by atoms with Gasteiger partial charge in [-0.2, -0.15) is 0 Å². The lowest BCUT2D eigenvalue weighted by molar-refractivity contribution is -0.119. The third-order valence-electron chi connectivity index (χ3n) is 2.46. The Morgan fingerprint density at radius 2 is 1.83 bits per heavy atom. The summed E-state index contributed by atoms with van der Waals surface area (Å²) < 4.78 is 10.3. The van der Waals surface area contributed by atoms with Crippen LogP contribution >= 0.6 is 0 Å². The van der Waals surface area contributed by atoms with Crippen molar-refractivity contribution >= 4 is 0 Å². The molecule has 0 aromatic carbocycles. The molecule has 0 aromatic rings. The van der Waals surface area contributed by atoms with E-state index in [0.717, 1.165) is 5.92 Å². The Bertz CT molecular complexity index is 136. The predicted octanol–water partition coefficient (Wildman–Crippen LogP) is 0.992. The number of rotatable bonds is 5. The molecular weight excluding hydrogens is 154 g/mol. The zero-order valence-electron chi connectivity index (χ0n) is 8.33. The summed E-state index contributed by atoms with van der Waals surface area (Å²) in [5.41, 5.74) is 0. The van der Waals surface area contributed by atoms with Gasteiger partial charge in [-0.1, -0.05) is 6.92 Å². The normalized spacial score (nSPS) is 30.8. The number of methoxy groups -OCH3 is 2. The Hall–Kier alpha value is -0.120. The van der Waals surface area contributed by atoms with Crippen molar-refractivity contribution in [1.82, 2.24) is 5.32 Å². The number of ether oxygens (including phenoxy) is 2. The van der Waals surface area contributed by atoms with Crippen molar-refractivity contribution in [3.63, 3.8) is 0 Å². The van der Waals surface area contributed by atoms with Gasteiger partial charge >= 0.3 is 0 Å². The smallest absolute Gasteiger partial charge is 0.171 e. The largest absolute Gasteiger partial charge is 0.354 e. The van der Waals surface area contributed by atoms with Gasteiger partial charge in [0.15, 0.2) is 6.29 Å². The first-order valence-corrected chi connectivity index (χ1v) is 4.50. The lowest BCUT2D eigenvalue weighted by Crippen LogP contribution is -2.41. The first-order valence-electron chi connectivity index (χ1n) is 4.50. The molecule has 0 heterocycles. The lowest BCUT2D eigenvalue weighted by atomic mass is 10.3. The molecule has 0 bridgehead atoms. The molecule has 3 unspecified atom stereocenters. The van der Waals surface area contributed by atoms with E-state index in [0.29, 0.717) is 6.04 Å². The van der Waals surface area contributed by atoms with Crippen LogP contribution in [-0.4, -0.2) is 32.6 Å². The van der Waals surface area contributed by atoms with Crippen molar-refractivity contribution in [2.24, 2.45) is 5.92 Å². The Morgan fingerprint density at radius 1 is 1.33 bits per heavy atom. The van der Waals surface area contributed by atoms with E-state index in [2.05, 4.69) is 19.2 Å². The van der Waals surface area contributed by atoms with E-state index in [-0.39, 0.29) is 12.3 Å². The molecule has 3 nitrogen and oxygen atoms in total. The van der Waals surface area contributed by atoms with Crippen LogP contribution in [0.2, 0.25) is 0 Å². The second-order valence-electron chi connectivity index (χ2n) is 3.61. The SMILES string of the molecule is COC(OC)C(C)NC1CC1C. The Balaban J connectivity index is 2.21. The fourth-order valence-corrected chi connectivity index (χ4v) is 1.47. The van der Waals surface area contributed by atoms with Gasteiger partial charge in [-0.15, -0.1) is 0 Å². The Kier molecular flexibility index (Phi) is 3.50. The maximum absolute atomic E-state index is 5.14. The van der Waals surface area contributed by atoms with Gasteiger partial charge in [0.05, 0.1) is 6.04 Å². The van der Waals surface area contributed by atoms with Crippen LogP contribution in [0.25, 0.3) is 0 Å². The summed E-state index contributed by atoms with van der Waals surface area (Å²) in [6.45, 7) is 4.34. The molecule has 0 saturated heterocycles. The van der Waals surface area contributed by atoms with Gasteiger partial charge in [0.1, 0.15) is 0 Å². The van der Waals surface area contributed by atoms with Crippen LogP contribution in [0, 0.1) is 5.92 Å². The second-order valence-corrected chi connectivity index (χ2v) is 3.61. The van der Waals surface area contributed by atoms with E-state index in [1.807, 2.05) is 0 Å². The van der Waals surface area contributed by atoms with E-state index in [9.17, 15) is 0 Å². The minimum Gasteiger partial charge on any atom is -0.354 e. The van der Waals surface area contributed by atoms with Gasteiger partial charge in [0.2, 0.25) is 0 Å². The molecular formula is C9H19NO2. The molecule has 0 amide bonds. The van der Waals surface area contributed by atoms with Crippen molar-refractivity contribution in [3.05, 3.63) is 0 Å². The highest BCUT2D eigenvalue weighted by Gasteiger charge is 2.34. The van der Waals surface area contributed by atoms with Crippen LogP contribution in [0.5, 0.6) is 0 Å². The maximum atomic E-state index is 5.14. The van der Waals surface area contributed by atoms with Gasteiger partial charge in [-0.05, 0) is 19.3 Å². The average molecular weight is 173 g/mol. The minimum absolute atomic E-state index is 0.127. The summed E-state index contributed by atoms with van der Waals surface area (Å²) in [6, 6.07) is 0.947. The van der Waals surface area contributed by atoms with E-state index >= 15 is 0 Å². The van der Waals surface area contributed by atoms with Crippen LogP contribution < -0.4 is 5.32 Å². The fourth-order valence-electron chi connectivity index (χ4n) is 1.47. The average Bonchev–Trinajstić information content (AvgIpc) is 2.69. The summed E-state index contributed by atoms with van der Waals surface area (Å²) in [7, 11) is 3.34. The van der Waals surface area contributed by atoms with Gasteiger partial charge in [0.25, 0.3) is 0 Å². The molecule has 0 spiro atoms. The first-order chi connectivity index (χ1) is 5.69. The molecule has 0 radical (unpaired) electrons. The van der Waals surface area contributed by atoms with E-state index < -0.39 is 0 Å². The highest BCUT2D eigenvalue weighted by atomic mass is 16.7. The molecule has 1 fully saturated rings. The van der Waals surface area contributed by atoms with Crippen LogP contribution in [0.4, 0.5) is 0 Å². The third kappa shape index (κ3) is 2.44. The van der Waals surface area contributed by atoms with Crippen molar-refractivity contribution in [2.75, 3.05) is 14.2 Å². The first kappa shape index (κ1) is 9.96. The predicted molar refractivity (Wildman–Crippen MR) is 48.0 cm³/mol. The third-order valence-corrected chi connectivity index (χ3v) is 2.46. The van der Waals surface area contributed by atoms with Crippen molar-refractivity contribution < 1.29 is 9.47 Å². The fraction of sp³-hybridized carbons (Fsp3) is 1.00. The highest BCUT2D eigenvalue weighted by Crippen LogP contribution is 2.29. The van der Waals surface area contributed by atoms with Crippen LogP contribution in [0.15, 0.2) is 0 Å². The number of nitrogens with one attached hydrogen (secondary N) is 1. The molecule has 1 saturated carbocycles. The molecule has 0 aromatic heterocycles. The molecule has 1 N–H and O–H groups in total. The van der Waals surface area contributed by atoms with Gasteiger partial charge in [-0.25, -0.2) is 0 Å². The van der Waals surface area contributed by atoms with Crippen LogP contribution in [-0.2, 0) is 9.47 Å². The second kappa shape index (κ2) is 4.21. The van der Waals surface area contributed by atoms with E-state index in [1.54, 1.807) is 14.2 Å². The molecule has 1 aliphatic carbocycles. The molecule has 0 aliphatic heterocycles. The number of hydrogen-bond donors (Lipinski definition) is 1. The molecule has 3 heteroatoms. The summed E-state index contributed by atoms with van der Waals surface area (Å²) >= 11 is 0. The quantitative estimate of drug-likeness (QED) is 0.629. The van der Waals surface area contributed by atoms with Crippen molar-refractivity contribution in [1.29, 1.82) is 0 Å². The van der Waals surface area contributed by atoms with E-state index in [1.165, 1.54) is 6.42 Å². The van der Waals surface area contributed by atoms with Gasteiger partial charge in [-0.3, -0.25) is 0 Å². The summed E-state index contributed by atoms with van der Waals surface area (Å²) in [5.74, 6) is 0.821. The summed E-state index contributed by atoms with van der Waals surface area (Å²) in [6.07, 6.45) is 1.16. The van der Waals surface area contributed by atoms with Gasteiger partial charge in [0, 0.05) is 20.3 Å². The van der Waals surface area contributed by atoms with Crippen LogP contribution in [0.3, 0.4) is 0 Å². The standard InChI is InChI=1S/C9H19NO2/c1-6-5-8(6)10-7(2)9(11-3)12-4/h6-10H,5H2,1-4H3. The van der Waals surface area contributed by atoms with Crippen molar-refractivity contribution in [3.8, 4) is 0 Å². The van der Waals surface area contributed by atoms with Crippen molar-refractivity contribution in [2.45, 2.75) is 38.6 Å².